The number of likely N-dealkylation sites (N-methyl/N-ethyl adjacent to an activating group) is 1. The van der Waals surface area contributed by atoms with E-state index in [1.54, 1.807) is 42.6 Å². The molecule has 158 valence electrons. The molecule has 1 fully saturated rings. The number of hydrogen-bond acceptors (Lipinski definition) is 7. The highest BCUT2D eigenvalue weighted by atomic mass is 16.5. The van der Waals surface area contributed by atoms with Crippen LogP contribution in [0.15, 0.2) is 48.2 Å². The number of carbonyl (C=O) groups is 2. The predicted octanol–water partition coefficient (Wildman–Crippen LogP) is 2.08. The van der Waals surface area contributed by atoms with Crippen molar-refractivity contribution in [3.05, 3.63) is 59.4 Å². The van der Waals surface area contributed by atoms with Crippen molar-refractivity contribution in [3.8, 4) is 11.5 Å². The molecule has 1 aromatic heterocycles. The van der Waals surface area contributed by atoms with Crippen LogP contribution < -0.4 is 9.47 Å². The molecule has 3 rings (SSSR count). The normalized spacial score (nSPS) is 18.2. The second-order valence-corrected chi connectivity index (χ2v) is 7.12. The van der Waals surface area contributed by atoms with Gasteiger partial charge in [-0.1, -0.05) is 6.07 Å². The lowest BCUT2D eigenvalue weighted by molar-refractivity contribution is -0.140. The van der Waals surface area contributed by atoms with Gasteiger partial charge < -0.3 is 24.4 Å². The first-order valence-corrected chi connectivity index (χ1v) is 9.45. The molecule has 1 aliphatic rings. The summed E-state index contributed by atoms with van der Waals surface area (Å²) in [5.41, 5.74) is 0.787. The van der Waals surface area contributed by atoms with E-state index < -0.39 is 17.7 Å². The van der Waals surface area contributed by atoms with Crippen molar-refractivity contribution in [1.29, 1.82) is 0 Å². The van der Waals surface area contributed by atoms with Crippen molar-refractivity contribution >= 4 is 17.4 Å². The Bertz CT molecular complexity index is 972. The van der Waals surface area contributed by atoms with E-state index in [4.69, 9.17) is 9.47 Å². The van der Waals surface area contributed by atoms with Crippen molar-refractivity contribution in [3.63, 3.8) is 0 Å². The number of methoxy groups -OCH3 is 2. The number of Topliss-reactive ketones (excluding diaryl/α,β-unsaturated/α-hetero) is 1. The van der Waals surface area contributed by atoms with Gasteiger partial charge in [-0.05, 0) is 38.4 Å². The van der Waals surface area contributed by atoms with Crippen LogP contribution in [0.3, 0.4) is 0 Å². The largest absolute Gasteiger partial charge is 0.507 e. The maximum absolute atomic E-state index is 13.0. The topological polar surface area (TPSA) is 92.2 Å². The van der Waals surface area contributed by atoms with Crippen LogP contribution >= 0.6 is 0 Å². The first-order chi connectivity index (χ1) is 14.4. The first kappa shape index (κ1) is 21.3. The minimum absolute atomic E-state index is 0.0130. The van der Waals surface area contributed by atoms with Gasteiger partial charge in [0.2, 0.25) is 0 Å². The van der Waals surface area contributed by atoms with Crippen molar-refractivity contribution in [2.24, 2.45) is 0 Å². The van der Waals surface area contributed by atoms with Crippen LogP contribution in [-0.4, -0.2) is 73.0 Å². The van der Waals surface area contributed by atoms with Crippen molar-refractivity contribution in [1.82, 2.24) is 14.8 Å². The standard InChI is InChI=1S/C22H25N3O5/c1-24(2)11-12-25-19(16-7-5-6-10-23-16)18(21(27)22(25)28)20(26)15-9-8-14(29-3)13-17(15)30-4/h5-10,13,19,26H,11-12H2,1-4H3/b20-18+. The molecule has 1 aliphatic heterocycles. The highest BCUT2D eigenvalue weighted by molar-refractivity contribution is 6.46. The molecule has 2 heterocycles. The number of amides is 1. The number of ether oxygens (including phenoxy) is 2. The van der Waals surface area contributed by atoms with Gasteiger partial charge in [-0.25, -0.2) is 0 Å². The van der Waals surface area contributed by atoms with Crippen LogP contribution in [0.1, 0.15) is 17.3 Å². The Kier molecular flexibility index (Phi) is 6.37. The van der Waals surface area contributed by atoms with Crippen LogP contribution in [0, 0.1) is 0 Å². The third kappa shape index (κ3) is 3.99. The van der Waals surface area contributed by atoms with Gasteiger partial charge in [-0.15, -0.1) is 0 Å². The fraction of sp³-hybridized carbons (Fsp3) is 0.318. The summed E-state index contributed by atoms with van der Waals surface area (Å²) >= 11 is 0. The number of benzene rings is 1. The number of hydrogen-bond donors (Lipinski definition) is 1. The zero-order valence-electron chi connectivity index (χ0n) is 17.5. The summed E-state index contributed by atoms with van der Waals surface area (Å²) in [7, 11) is 6.74. The summed E-state index contributed by atoms with van der Waals surface area (Å²) in [5, 5.41) is 11.1. The summed E-state index contributed by atoms with van der Waals surface area (Å²) in [6, 6.07) is 9.32. The van der Waals surface area contributed by atoms with Crippen LogP contribution in [0.4, 0.5) is 0 Å². The fourth-order valence-electron chi connectivity index (χ4n) is 3.40. The van der Waals surface area contributed by atoms with Crippen LogP contribution in [0.25, 0.3) is 5.76 Å². The predicted molar refractivity (Wildman–Crippen MR) is 111 cm³/mol. The molecule has 1 saturated heterocycles. The summed E-state index contributed by atoms with van der Waals surface area (Å²) < 4.78 is 10.6. The van der Waals surface area contributed by atoms with Gasteiger partial charge in [0.05, 0.1) is 31.1 Å². The van der Waals surface area contributed by atoms with E-state index in [-0.39, 0.29) is 11.3 Å². The molecule has 8 heteroatoms. The number of aromatic nitrogens is 1. The van der Waals surface area contributed by atoms with Gasteiger partial charge in [-0.3, -0.25) is 14.6 Å². The lowest BCUT2D eigenvalue weighted by Crippen LogP contribution is -2.35. The molecule has 0 bridgehead atoms. The summed E-state index contributed by atoms with van der Waals surface area (Å²) in [6.45, 7) is 0.873. The maximum Gasteiger partial charge on any atom is 0.295 e. The van der Waals surface area contributed by atoms with E-state index in [2.05, 4.69) is 4.98 Å². The Morgan fingerprint density at radius 1 is 1.17 bits per heavy atom. The van der Waals surface area contributed by atoms with Crippen LogP contribution in [0.5, 0.6) is 11.5 Å². The van der Waals surface area contributed by atoms with Gasteiger partial charge in [-0.2, -0.15) is 0 Å². The molecule has 0 radical (unpaired) electrons. The van der Waals surface area contributed by atoms with Crippen molar-refractivity contribution < 1.29 is 24.2 Å². The van der Waals surface area contributed by atoms with E-state index in [1.807, 2.05) is 19.0 Å². The number of aliphatic hydroxyl groups is 1. The Labute approximate surface area is 175 Å². The Hall–Kier alpha value is -3.39. The molecular formula is C22H25N3O5. The number of pyridine rings is 1. The molecule has 30 heavy (non-hydrogen) atoms. The Morgan fingerprint density at radius 2 is 1.93 bits per heavy atom. The monoisotopic (exact) mass is 411 g/mol. The smallest absolute Gasteiger partial charge is 0.295 e. The maximum atomic E-state index is 13.0. The third-order valence-electron chi connectivity index (χ3n) is 4.96. The zero-order chi connectivity index (χ0) is 21.8. The lowest BCUT2D eigenvalue weighted by Gasteiger charge is -2.25. The molecule has 0 aliphatic carbocycles. The average molecular weight is 411 g/mol. The minimum Gasteiger partial charge on any atom is -0.507 e. The number of aliphatic hydroxyl groups excluding tert-OH is 1. The van der Waals surface area contributed by atoms with Gasteiger partial charge >= 0.3 is 0 Å². The number of ketones is 1. The molecule has 1 unspecified atom stereocenters. The lowest BCUT2D eigenvalue weighted by atomic mass is 9.97. The van der Waals surface area contributed by atoms with E-state index in [9.17, 15) is 14.7 Å². The van der Waals surface area contributed by atoms with Gasteiger partial charge in [0, 0.05) is 25.4 Å². The second kappa shape index (κ2) is 8.96. The SMILES string of the molecule is COc1ccc(/C(O)=C2\C(=O)C(=O)N(CCN(C)C)C2c2ccccn2)c(OC)c1. The van der Waals surface area contributed by atoms with E-state index in [1.165, 1.54) is 19.1 Å². The average Bonchev–Trinajstić information content (AvgIpc) is 3.02. The van der Waals surface area contributed by atoms with Crippen molar-refractivity contribution in [2.45, 2.75) is 6.04 Å². The molecule has 1 amide bonds. The number of nitrogens with zero attached hydrogens (tertiary/aromatic N) is 3. The Balaban J connectivity index is 2.17. The summed E-state index contributed by atoms with van der Waals surface area (Å²) in [6.07, 6.45) is 1.59. The molecule has 2 aromatic rings. The molecule has 8 nitrogen and oxygen atoms in total. The molecule has 1 N–H and O–H groups in total. The molecule has 0 spiro atoms. The van der Waals surface area contributed by atoms with E-state index >= 15 is 0 Å². The highest BCUT2D eigenvalue weighted by Gasteiger charge is 2.46. The van der Waals surface area contributed by atoms with Crippen LogP contribution in [0.2, 0.25) is 0 Å². The zero-order valence-corrected chi connectivity index (χ0v) is 17.5. The van der Waals surface area contributed by atoms with Gasteiger partial charge in [0.15, 0.2) is 0 Å². The van der Waals surface area contributed by atoms with Gasteiger partial charge in [0.1, 0.15) is 23.3 Å². The Morgan fingerprint density at radius 3 is 2.53 bits per heavy atom. The highest BCUT2D eigenvalue weighted by Crippen LogP contribution is 2.40. The number of likely N-dealkylation sites (tertiary alicyclic amines) is 1. The fourth-order valence-corrected chi connectivity index (χ4v) is 3.40. The first-order valence-electron chi connectivity index (χ1n) is 9.45. The second-order valence-electron chi connectivity index (χ2n) is 7.12. The third-order valence-corrected chi connectivity index (χ3v) is 4.96. The van der Waals surface area contributed by atoms with Crippen LogP contribution in [-0.2, 0) is 9.59 Å². The van der Waals surface area contributed by atoms with E-state index in [0.717, 1.165) is 0 Å². The molecular weight excluding hydrogens is 386 g/mol. The molecule has 0 saturated carbocycles. The summed E-state index contributed by atoms with van der Waals surface area (Å²) in [5.74, 6) is -0.862. The molecule has 1 aromatic carbocycles. The number of carbonyl (C=O) groups excluding carboxylic acids is 2. The minimum atomic E-state index is -0.794. The van der Waals surface area contributed by atoms with Crippen molar-refractivity contribution in [2.75, 3.05) is 41.4 Å². The molecule has 1 atom stereocenters. The quantitative estimate of drug-likeness (QED) is 0.424. The number of rotatable bonds is 7. The summed E-state index contributed by atoms with van der Waals surface area (Å²) in [4.78, 5) is 33.5. The van der Waals surface area contributed by atoms with Gasteiger partial charge in [0.25, 0.3) is 11.7 Å². The van der Waals surface area contributed by atoms with E-state index in [0.29, 0.717) is 35.8 Å².